The molecule has 4 heteroatoms. The smallest absolute Gasteiger partial charge is 0.131 e. The zero-order valence-corrected chi connectivity index (χ0v) is 11.4. The van der Waals surface area contributed by atoms with Crippen LogP contribution < -0.4 is 5.32 Å². The van der Waals surface area contributed by atoms with Crippen molar-refractivity contribution < 1.29 is 0 Å². The Morgan fingerprint density at radius 2 is 2.12 bits per heavy atom. The van der Waals surface area contributed by atoms with E-state index in [0.717, 1.165) is 34.8 Å². The van der Waals surface area contributed by atoms with Gasteiger partial charge in [0.2, 0.25) is 0 Å². The summed E-state index contributed by atoms with van der Waals surface area (Å²) in [6, 6.07) is 2.02. The summed E-state index contributed by atoms with van der Waals surface area (Å²) >= 11 is 1.82. The summed E-state index contributed by atoms with van der Waals surface area (Å²) in [5, 5.41) is 4.16. The van der Waals surface area contributed by atoms with Crippen LogP contribution >= 0.6 is 11.8 Å². The molecule has 3 nitrogen and oxygen atoms in total. The summed E-state index contributed by atoms with van der Waals surface area (Å²) in [6.45, 7) is 6.57. The molecule has 0 aliphatic rings. The van der Waals surface area contributed by atoms with Gasteiger partial charge in [0, 0.05) is 19.5 Å². The molecule has 0 bridgehead atoms. The van der Waals surface area contributed by atoms with Crippen LogP contribution in [0.1, 0.15) is 33.0 Å². The van der Waals surface area contributed by atoms with Gasteiger partial charge in [-0.05, 0) is 18.1 Å². The Balaban J connectivity index is 2.64. The van der Waals surface area contributed by atoms with E-state index in [-0.39, 0.29) is 0 Å². The molecule has 0 radical (unpaired) electrons. The first kappa shape index (κ1) is 13.3. The number of rotatable bonds is 6. The fraction of sp³-hybridized carbons (Fsp3) is 0.667. The second-order valence-electron chi connectivity index (χ2n) is 4.14. The van der Waals surface area contributed by atoms with Crippen LogP contribution in [0, 0.1) is 5.92 Å². The normalized spacial score (nSPS) is 10.8. The van der Waals surface area contributed by atoms with Crippen molar-refractivity contribution in [1.82, 2.24) is 9.97 Å². The Labute approximate surface area is 102 Å². The van der Waals surface area contributed by atoms with Crippen LogP contribution in [0.4, 0.5) is 5.82 Å². The van der Waals surface area contributed by atoms with Gasteiger partial charge in [0.15, 0.2) is 0 Å². The average Bonchev–Trinajstić information content (AvgIpc) is 2.28. The molecule has 0 saturated carbocycles. The van der Waals surface area contributed by atoms with Gasteiger partial charge in [-0.25, -0.2) is 9.97 Å². The van der Waals surface area contributed by atoms with Crippen LogP contribution in [0.3, 0.4) is 0 Å². The molecule has 1 heterocycles. The Morgan fingerprint density at radius 1 is 1.38 bits per heavy atom. The number of hydrogen-bond donors (Lipinski definition) is 1. The Kier molecular flexibility index (Phi) is 5.60. The van der Waals surface area contributed by atoms with Crippen LogP contribution in [-0.2, 0) is 6.42 Å². The van der Waals surface area contributed by atoms with Crippen molar-refractivity contribution in [2.75, 3.05) is 18.1 Å². The first-order valence-electron chi connectivity index (χ1n) is 5.84. The molecule has 0 saturated heterocycles. The maximum absolute atomic E-state index is 4.51. The van der Waals surface area contributed by atoms with E-state index >= 15 is 0 Å². The van der Waals surface area contributed by atoms with Crippen molar-refractivity contribution >= 4 is 17.6 Å². The molecule has 0 amide bonds. The highest BCUT2D eigenvalue weighted by Gasteiger charge is 2.03. The minimum Gasteiger partial charge on any atom is -0.373 e. The second kappa shape index (κ2) is 6.74. The monoisotopic (exact) mass is 239 g/mol. The summed E-state index contributed by atoms with van der Waals surface area (Å²) < 4.78 is 0. The third-order valence-electron chi connectivity index (χ3n) is 2.27. The lowest BCUT2D eigenvalue weighted by molar-refractivity contribution is 0.632. The van der Waals surface area contributed by atoms with Crippen molar-refractivity contribution in [2.45, 2.75) is 38.6 Å². The lowest BCUT2D eigenvalue weighted by Gasteiger charge is -2.07. The minimum absolute atomic E-state index is 0.753. The quantitative estimate of drug-likeness (QED) is 0.611. The van der Waals surface area contributed by atoms with E-state index < -0.39 is 0 Å². The van der Waals surface area contributed by atoms with Crippen LogP contribution in [0.25, 0.3) is 0 Å². The predicted molar refractivity (Wildman–Crippen MR) is 71.1 cm³/mol. The zero-order valence-electron chi connectivity index (χ0n) is 10.6. The molecule has 1 aromatic heterocycles. The standard InChI is InChI=1S/C12H21N3S/c1-5-10-14-11(13-4)8-12(15-10)16-7-6-9(2)3/h8-9H,5-7H2,1-4H3,(H,13,14,15). The van der Waals surface area contributed by atoms with Crippen LogP contribution in [0.2, 0.25) is 0 Å². The second-order valence-corrected chi connectivity index (χ2v) is 5.26. The van der Waals surface area contributed by atoms with E-state index in [1.54, 1.807) is 0 Å². The number of anilines is 1. The summed E-state index contributed by atoms with van der Waals surface area (Å²) in [4.78, 5) is 8.89. The third kappa shape index (κ3) is 4.39. The highest BCUT2D eigenvalue weighted by molar-refractivity contribution is 7.99. The maximum atomic E-state index is 4.51. The highest BCUT2D eigenvalue weighted by Crippen LogP contribution is 2.20. The van der Waals surface area contributed by atoms with Crippen molar-refractivity contribution in [1.29, 1.82) is 0 Å². The average molecular weight is 239 g/mol. The molecule has 1 N–H and O–H groups in total. The summed E-state index contributed by atoms with van der Waals surface area (Å²) in [5.41, 5.74) is 0. The lowest BCUT2D eigenvalue weighted by atomic mass is 10.2. The van der Waals surface area contributed by atoms with E-state index in [1.165, 1.54) is 6.42 Å². The highest BCUT2D eigenvalue weighted by atomic mass is 32.2. The number of hydrogen-bond acceptors (Lipinski definition) is 4. The SMILES string of the molecule is CCc1nc(NC)cc(SCCC(C)C)n1. The van der Waals surface area contributed by atoms with Gasteiger partial charge < -0.3 is 5.32 Å². The molecule has 0 unspecified atom stereocenters. The number of thioether (sulfide) groups is 1. The van der Waals surface area contributed by atoms with Gasteiger partial charge in [-0.3, -0.25) is 0 Å². The van der Waals surface area contributed by atoms with Crippen LogP contribution in [-0.4, -0.2) is 22.8 Å². The number of aromatic nitrogens is 2. The molecular formula is C12H21N3S. The van der Waals surface area contributed by atoms with Gasteiger partial charge in [0.25, 0.3) is 0 Å². The fourth-order valence-corrected chi connectivity index (χ4v) is 2.40. The summed E-state index contributed by atoms with van der Waals surface area (Å²) in [6.07, 6.45) is 2.11. The predicted octanol–water partition coefficient (Wildman–Crippen LogP) is 3.22. The van der Waals surface area contributed by atoms with Crippen molar-refractivity contribution in [2.24, 2.45) is 5.92 Å². The molecule has 0 atom stereocenters. The molecule has 1 aromatic rings. The van der Waals surface area contributed by atoms with Gasteiger partial charge >= 0.3 is 0 Å². The molecule has 16 heavy (non-hydrogen) atoms. The maximum Gasteiger partial charge on any atom is 0.131 e. The van der Waals surface area contributed by atoms with Crippen LogP contribution in [0.5, 0.6) is 0 Å². The first-order valence-corrected chi connectivity index (χ1v) is 6.82. The Hall–Kier alpha value is -0.770. The number of nitrogens with zero attached hydrogens (tertiary/aromatic N) is 2. The van der Waals surface area contributed by atoms with E-state index in [9.17, 15) is 0 Å². The lowest BCUT2D eigenvalue weighted by Crippen LogP contribution is -2.00. The first-order chi connectivity index (χ1) is 7.65. The summed E-state index contributed by atoms with van der Waals surface area (Å²) in [7, 11) is 1.89. The van der Waals surface area contributed by atoms with Gasteiger partial charge in [0.05, 0.1) is 0 Å². The van der Waals surface area contributed by atoms with Crippen molar-refractivity contribution in [3.05, 3.63) is 11.9 Å². The molecule has 0 aliphatic heterocycles. The number of nitrogens with one attached hydrogen (secondary N) is 1. The molecule has 90 valence electrons. The van der Waals surface area contributed by atoms with Gasteiger partial charge in [-0.2, -0.15) is 0 Å². The van der Waals surface area contributed by atoms with Gasteiger partial charge in [-0.1, -0.05) is 20.8 Å². The van der Waals surface area contributed by atoms with E-state index in [2.05, 4.69) is 36.1 Å². The third-order valence-corrected chi connectivity index (χ3v) is 3.21. The van der Waals surface area contributed by atoms with E-state index in [4.69, 9.17) is 0 Å². The van der Waals surface area contributed by atoms with Gasteiger partial charge in [0.1, 0.15) is 16.7 Å². The molecular weight excluding hydrogens is 218 g/mol. The molecule has 0 fully saturated rings. The van der Waals surface area contributed by atoms with Crippen LogP contribution in [0.15, 0.2) is 11.1 Å². The fourth-order valence-electron chi connectivity index (χ4n) is 1.23. The topological polar surface area (TPSA) is 37.8 Å². The zero-order chi connectivity index (χ0) is 12.0. The summed E-state index contributed by atoms with van der Waals surface area (Å²) in [5.74, 6) is 3.71. The Bertz CT molecular complexity index is 304. The van der Waals surface area contributed by atoms with Gasteiger partial charge in [-0.15, -0.1) is 11.8 Å². The van der Waals surface area contributed by atoms with Crippen molar-refractivity contribution in [3.63, 3.8) is 0 Å². The van der Waals surface area contributed by atoms with E-state index in [1.807, 2.05) is 24.9 Å². The molecule has 0 aliphatic carbocycles. The largest absolute Gasteiger partial charge is 0.373 e. The van der Waals surface area contributed by atoms with E-state index in [0.29, 0.717) is 0 Å². The molecule has 1 rings (SSSR count). The van der Waals surface area contributed by atoms with Crippen molar-refractivity contribution in [3.8, 4) is 0 Å². The number of aryl methyl sites for hydroxylation is 1. The molecule has 0 aromatic carbocycles. The Morgan fingerprint density at radius 3 is 2.69 bits per heavy atom. The minimum atomic E-state index is 0.753. The molecule has 0 spiro atoms.